The van der Waals surface area contributed by atoms with Gasteiger partial charge in [-0.05, 0) is 43.2 Å². The van der Waals surface area contributed by atoms with Crippen molar-refractivity contribution >= 4 is 23.5 Å². The van der Waals surface area contributed by atoms with E-state index in [9.17, 15) is 14.4 Å². The van der Waals surface area contributed by atoms with Crippen molar-refractivity contribution in [2.45, 2.75) is 19.8 Å². The van der Waals surface area contributed by atoms with Crippen molar-refractivity contribution in [1.29, 1.82) is 0 Å². The normalized spacial score (nSPS) is 10.2. The van der Waals surface area contributed by atoms with Gasteiger partial charge in [-0.25, -0.2) is 0 Å². The van der Waals surface area contributed by atoms with Crippen molar-refractivity contribution in [3.8, 4) is 11.5 Å². The first kappa shape index (κ1) is 23.7. The number of anilines is 1. The molecule has 0 aliphatic heterocycles. The number of amides is 1. The fourth-order valence-electron chi connectivity index (χ4n) is 2.82. The van der Waals surface area contributed by atoms with Crippen molar-refractivity contribution in [2.24, 2.45) is 0 Å². The standard InChI is InChI=1S/C23H27NO7/c1-4-30-23(27)15-24(18-8-6-5-7-9-18)21(25)16-31-22(26)11-10-17-12-19(28-2)14-20(13-17)29-3/h5-9,12-14H,4,10-11,15-16H2,1-3H3. The first-order chi connectivity index (χ1) is 15.0. The first-order valence-corrected chi connectivity index (χ1v) is 9.85. The molecule has 0 radical (unpaired) electrons. The van der Waals surface area contributed by atoms with Gasteiger partial charge in [-0.15, -0.1) is 0 Å². The van der Waals surface area contributed by atoms with E-state index in [1.54, 1.807) is 69.7 Å². The summed E-state index contributed by atoms with van der Waals surface area (Å²) >= 11 is 0. The smallest absolute Gasteiger partial charge is 0.326 e. The van der Waals surface area contributed by atoms with Crippen LogP contribution in [0.4, 0.5) is 5.69 Å². The van der Waals surface area contributed by atoms with Crippen LogP contribution < -0.4 is 14.4 Å². The number of para-hydroxylation sites is 1. The van der Waals surface area contributed by atoms with E-state index in [2.05, 4.69) is 0 Å². The third-order valence-corrected chi connectivity index (χ3v) is 4.35. The summed E-state index contributed by atoms with van der Waals surface area (Å²) in [6.45, 7) is 1.15. The highest BCUT2D eigenvalue weighted by Crippen LogP contribution is 2.23. The summed E-state index contributed by atoms with van der Waals surface area (Å²) in [7, 11) is 3.10. The molecule has 0 fully saturated rings. The Bertz CT molecular complexity index is 860. The van der Waals surface area contributed by atoms with E-state index in [1.807, 2.05) is 0 Å². The molecule has 1 amide bonds. The van der Waals surface area contributed by atoms with Gasteiger partial charge >= 0.3 is 11.9 Å². The number of carbonyl (C=O) groups is 3. The van der Waals surface area contributed by atoms with Gasteiger partial charge in [0.1, 0.15) is 18.0 Å². The minimum absolute atomic E-state index is 0.0762. The largest absolute Gasteiger partial charge is 0.497 e. The minimum Gasteiger partial charge on any atom is -0.497 e. The van der Waals surface area contributed by atoms with Gasteiger partial charge in [0, 0.05) is 18.2 Å². The molecule has 0 heterocycles. The van der Waals surface area contributed by atoms with E-state index in [0.29, 0.717) is 23.6 Å². The molecule has 0 spiro atoms. The second-order valence-corrected chi connectivity index (χ2v) is 6.50. The fourth-order valence-corrected chi connectivity index (χ4v) is 2.82. The second-order valence-electron chi connectivity index (χ2n) is 6.50. The lowest BCUT2D eigenvalue weighted by Gasteiger charge is -2.21. The summed E-state index contributed by atoms with van der Waals surface area (Å²) in [6, 6.07) is 14.0. The predicted molar refractivity (Wildman–Crippen MR) is 114 cm³/mol. The third kappa shape index (κ3) is 7.65. The second kappa shape index (κ2) is 12.2. The molecular weight excluding hydrogens is 402 g/mol. The maximum absolute atomic E-state index is 12.6. The monoisotopic (exact) mass is 429 g/mol. The van der Waals surface area contributed by atoms with Crippen molar-refractivity contribution in [1.82, 2.24) is 0 Å². The van der Waals surface area contributed by atoms with Crippen molar-refractivity contribution in [2.75, 3.05) is 38.9 Å². The summed E-state index contributed by atoms with van der Waals surface area (Å²) in [5, 5.41) is 0. The van der Waals surface area contributed by atoms with Crippen LogP contribution in [0.2, 0.25) is 0 Å². The molecular formula is C23H27NO7. The number of methoxy groups -OCH3 is 2. The van der Waals surface area contributed by atoms with Gasteiger partial charge in [0.2, 0.25) is 0 Å². The summed E-state index contributed by atoms with van der Waals surface area (Å²) in [5.74, 6) is -0.348. The molecule has 0 aliphatic rings. The number of hydrogen-bond acceptors (Lipinski definition) is 7. The van der Waals surface area contributed by atoms with Crippen LogP contribution in [0.1, 0.15) is 18.9 Å². The molecule has 0 N–H and O–H groups in total. The third-order valence-electron chi connectivity index (χ3n) is 4.35. The number of ether oxygens (including phenoxy) is 4. The predicted octanol–water partition coefficient (Wildman–Crippen LogP) is 2.78. The zero-order chi connectivity index (χ0) is 22.6. The van der Waals surface area contributed by atoms with Crippen LogP contribution in [-0.4, -0.2) is 51.8 Å². The van der Waals surface area contributed by atoms with Crippen LogP contribution in [-0.2, 0) is 30.3 Å². The quantitative estimate of drug-likeness (QED) is 0.507. The molecule has 2 aromatic rings. The molecule has 0 atom stereocenters. The van der Waals surface area contributed by atoms with Crippen LogP contribution in [0.15, 0.2) is 48.5 Å². The maximum Gasteiger partial charge on any atom is 0.326 e. The molecule has 0 unspecified atom stereocenters. The van der Waals surface area contributed by atoms with Crippen LogP contribution in [0.3, 0.4) is 0 Å². The highest BCUT2D eigenvalue weighted by molar-refractivity contribution is 5.99. The minimum atomic E-state index is -0.544. The SMILES string of the molecule is CCOC(=O)CN(C(=O)COC(=O)CCc1cc(OC)cc(OC)c1)c1ccccc1. The van der Waals surface area contributed by atoms with E-state index in [4.69, 9.17) is 18.9 Å². The number of rotatable bonds is 11. The first-order valence-electron chi connectivity index (χ1n) is 9.85. The van der Waals surface area contributed by atoms with Gasteiger partial charge in [0.05, 0.1) is 20.8 Å². The van der Waals surface area contributed by atoms with Gasteiger partial charge in [-0.3, -0.25) is 19.3 Å². The van der Waals surface area contributed by atoms with Gasteiger partial charge in [0.25, 0.3) is 5.91 Å². The molecule has 0 saturated heterocycles. The van der Waals surface area contributed by atoms with Crippen LogP contribution in [0, 0.1) is 0 Å². The van der Waals surface area contributed by atoms with Crippen LogP contribution in [0.5, 0.6) is 11.5 Å². The Morgan fingerprint density at radius 1 is 0.871 bits per heavy atom. The number of hydrogen-bond donors (Lipinski definition) is 0. The number of nitrogens with zero attached hydrogens (tertiary/aromatic N) is 1. The van der Waals surface area contributed by atoms with E-state index in [0.717, 1.165) is 5.56 Å². The van der Waals surface area contributed by atoms with Crippen molar-refractivity contribution < 1.29 is 33.3 Å². The number of carbonyl (C=O) groups excluding carboxylic acids is 3. The average molecular weight is 429 g/mol. The molecule has 0 bridgehead atoms. The Kier molecular flexibility index (Phi) is 9.35. The molecule has 0 saturated carbocycles. The van der Waals surface area contributed by atoms with E-state index in [1.165, 1.54) is 4.90 Å². The summed E-state index contributed by atoms with van der Waals surface area (Å²) < 4.78 is 20.5. The number of esters is 2. The number of aryl methyl sites for hydroxylation is 1. The topological polar surface area (TPSA) is 91.4 Å². The van der Waals surface area contributed by atoms with Crippen LogP contribution >= 0.6 is 0 Å². The summed E-state index contributed by atoms with van der Waals surface area (Å²) in [4.78, 5) is 37.9. The Labute approximate surface area is 181 Å². The van der Waals surface area contributed by atoms with Crippen molar-refractivity contribution in [3.05, 3.63) is 54.1 Å². The lowest BCUT2D eigenvalue weighted by Crippen LogP contribution is -2.39. The summed E-state index contributed by atoms with van der Waals surface area (Å²) in [5.41, 5.74) is 1.35. The molecule has 8 nitrogen and oxygen atoms in total. The molecule has 0 aliphatic carbocycles. The summed E-state index contributed by atoms with van der Waals surface area (Å²) in [6.07, 6.45) is 0.471. The molecule has 2 rings (SSSR count). The molecule has 166 valence electrons. The maximum atomic E-state index is 12.6. The van der Waals surface area contributed by atoms with Gasteiger partial charge in [-0.1, -0.05) is 18.2 Å². The van der Waals surface area contributed by atoms with E-state index in [-0.39, 0.29) is 19.6 Å². The highest BCUT2D eigenvalue weighted by Gasteiger charge is 2.21. The Morgan fingerprint density at radius 2 is 1.52 bits per heavy atom. The van der Waals surface area contributed by atoms with Gasteiger partial charge in [0.15, 0.2) is 6.61 Å². The molecule has 31 heavy (non-hydrogen) atoms. The number of benzene rings is 2. The molecule has 0 aromatic heterocycles. The Balaban J connectivity index is 1.94. The van der Waals surface area contributed by atoms with Crippen molar-refractivity contribution in [3.63, 3.8) is 0 Å². The highest BCUT2D eigenvalue weighted by atomic mass is 16.5. The van der Waals surface area contributed by atoms with Gasteiger partial charge < -0.3 is 18.9 Å². The fraction of sp³-hybridized carbons (Fsp3) is 0.348. The van der Waals surface area contributed by atoms with E-state index < -0.39 is 24.5 Å². The molecule has 2 aromatic carbocycles. The lowest BCUT2D eigenvalue weighted by atomic mass is 10.1. The lowest BCUT2D eigenvalue weighted by molar-refractivity contribution is -0.148. The average Bonchev–Trinajstić information content (AvgIpc) is 2.80. The van der Waals surface area contributed by atoms with E-state index >= 15 is 0 Å². The Hall–Kier alpha value is -3.55. The zero-order valence-corrected chi connectivity index (χ0v) is 18.0. The van der Waals surface area contributed by atoms with Gasteiger partial charge in [-0.2, -0.15) is 0 Å². The Morgan fingerprint density at radius 3 is 2.10 bits per heavy atom. The molecule has 8 heteroatoms. The zero-order valence-electron chi connectivity index (χ0n) is 18.0. The van der Waals surface area contributed by atoms with Crippen LogP contribution in [0.25, 0.3) is 0 Å².